The van der Waals surface area contributed by atoms with Crippen LogP contribution in [0.1, 0.15) is 30.7 Å². The summed E-state index contributed by atoms with van der Waals surface area (Å²) in [4.78, 5) is 32.0. The Balaban J connectivity index is 1.41. The maximum atomic E-state index is 12.6. The van der Waals surface area contributed by atoms with Crippen LogP contribution in [0.25, 0.3) is 10.9 Å². The van der Waals surface area contributed by atoms with Gasteiger partial charge in [0.05, 0.1) is 10.9 Å². The number of rotatable bonds is 6. The molecule has 2 heterocycles. The van der Waals surface area contributed by atoms with Gasteiger partial charge in [0.2, 0.25) is 5.91 Å². The van der Waals surface area contributed by atoms with Crippen LogP contribution >= 0.6 is 11.6 Å². The van der Waals surface area contributed by atoms with E-state index in [-0.39, 0.29) is 23.3 Å². The highest BCUT2D eigenvalue weighted by molar-refractivity contribution is 6.30. The third kappa shape index (κ3) is 4.55. The molecular weight excluding hydrogens is 402 g/mol. The maximum Gasteiger partial charge on any atom is 0.258 e. The molecule has 4 rings (SSSR count). The van der Waals surface area contributed by atoms with Gasteiger partial charge in [-0.3, -0.25) is 9.59 Å². The van der Waals surface area contributed by atoms with Crippen molar-refractivity contribution in [2.75, 3.05) is 19.8 Å². The number of fused-ring (bicyclic) bond motifs is 1. The van der Waals surface area contributed by atoms with Crippen LogP contribution in [0.2, 0.25) is 5.02 Å². The van der Waals surface area contributed by atoms with Gasteiger partial charge in [-0.1, -0.05) is 35.9 Å². The Kier molecular flexibility index (Phi) is 6.16. The van der Waals surface area contributed by atoms with Gasteiger partial charge in [-0.2, -0.15) is 0 Å². The molecule has 0 unspecified atom stereocenters. The largest absolute Gasteiger partial charge is 0.381 e. The highest BCUT2D eigenvalue weighted by atomic mass is 35.5. The van der Waals surface area contributed by atoms with Crippen LogP contribution in [0.15, 0.2) is 53.3 Å². The third-order valence-corrected chi connectivity index (χ3v) is 6.00. The monoisotopic (exact) mass is 425 g/mol. The molecule has 2 N–H and O–H groups in total. The minimum absolute atomic E-state index is 0.0706. The molecule has 0 saturated carbocycles. The molecule has 0 spiro atoms. The number of hydrogen-bond donors (Lipinski definition) is 2. The van der Waals surface area contributed by atoms with Crippen LogP contribution in [0, 0.1) is 0 Å². The number of aromatic nitrogens is 2. The summed E-state index contributed by atoms with van der Waals surface area (Å²) in [6, 6.07) is 15.0. The van der Waals surface area contributed by atoms with Gasteiger partial charge >= 0.3 is 0 Å². The average molecular weight is 426 g/mol. The number of hydrogen-bond acceptors (Lipinski definition) is 4. The van der Waals surface area contributed by atoms with Crippen LogP contribution in [-0.2, 0) is 21.4 Å². The van der Waals surface area contributed by atoms with Crippen molar-refractivity contribution in [3.05, 3.63) is 75.3 Å². The zero-order valence-electron chi connectivity index (χ0n) is 16.6. The highest BCUT2D eigenvalue weighted by Crippen LogP contribution is 2.35. The van der Waals surface area contributed by atoms with Crippen molar-refractivity contribution >= 4 is 28.4 Å². The number of amides is 1. The molecule has 30 heavy (non-hydrogen) atoms. The lowest BCUT2D eigenvalue weighted by Gasteiger charge is -2.38. The first-order chi connectivity index (χ1) is 14.6. The standard InChI is InChI=1S/C23H24ClN3O3/c24-17-5-3-4-16(14-17)23(10-12-30-13-11-23)15-25-21(28)9-8-20-26-19-7-2-1-6-18(19)22(29)27-20/h1-7,14H,8-13,15H2,(H,25,28)(H,26,27,29). The van der Waals surface area contributed by atoms with Crippen molar-refractivity contribution in [2.45, 2.75) is 31.1 Å². The van der Waals surface area contributed by atoms with Crippen LogP contribution < -0.4 is 10.9 Å². The highest BCUT2D eigenvalue weighted by Gasteiger charge is 2.35. The number of ether oxygens (including phenoxy) is 1. The van der Waals surface area contributed by atoms with Crippen molar-refractivity contribution < 1.29 is 9.53 Å². The molecule has 3 aromatic rings. The number of halogens is 1. The molecule has 156 valence electrons. The second kappa shape index (κ2) is 8.98. The summed E-state index contributed by atoms with van der Waals surface area (Å²) < 4.78 is 5.55. The Bertz CT molecular complexity index is 1110. The molecule has 6 nitrogen and oxygen atoms in total. The zero-order valence-corrected chi connectivity index (χ0v) is 17.4. The van der Waals surface area contributed by atoms with Gasteiger partial charge in [0.15, 0.2) is 0 Å². The number of nitrogens with one attached hydrogen (secondary N) is 2. The molecule has 1 aromatic heterocycles. The lowest BCUT2D eigenvalue weighted by Crippen LogP contribution is -2.44. The van der Waals surface area contributed by atoms with E-state index in [1.165, 1.54) is 0 Å². The van der Waals surface area contributed by atoms with E-state index in [1.807, 2.05) is 24.3 Å². The number of nitrogens with zero attached hydrogens (tertiary/aromatic N) is 1. The van der Waals surface area contributed by atoms with Crippen LogP contribution in [0.5, 0.6) is 0 Å². The van der Waals surface area contributed by atoms with Crippen molar-refractivity contribution in [2.24, 2.45) is 0 Å². The first-order valence-corrected chi connectivity index (χ1v) is 10.5. The Hall–Kier alpha value is -2.70. The van der Waals surface area contributed by atoms with Gasteiger partial charge < -0.3 is 15.0 Å². The van der Waals surface area contributed by atoms with E-state index in [9.17, 15) is 9.59 Å². The van der Waals surface area contributed by atoms with Gasteiger partial charge in [-0.15, -0.1) is 0 Å². The fourth-order valence-corrected chi connectivity index (χ4v) is 4.18. The molecule has 0 bridgehead atoms. The minimum atomic E-state index is -0.186. The van der Waals surface area contributed by atoms with E-state index >= 15 is 0 Å². The van der Waals surface area contributed by atoms with Crippen LogP contribution in [-0.4, -0.2) is 35.6 Å². The van der Waals surface area contributed by atoms with E-state index in [4.69, 9.17) is 16.3 Å². The average Bonchev–Trinajstić information content (AvgIpc) is 2.77. The molecule has 1 aliphatic heterocycles. The lowest BCUT2D eigenvalue weighted by molar-refractivity contribution is -0.121. The van der Waals surface area contributed by atoms with E-state index in [1.54, 1.807) is 18.2 Å². The van der Waals surface area contributed by atoms with Gasteiger partial charge in [0, 0.05) is 43.0 Å². The normalized spacial score (nSPS) is 15.8. The van der Waals surface area contributed by atoms with Crippen molar-refractivity contribution in [3.8, 4) is 0 Å². The summed E-state index contributed by atoms with van der Waals surface area (Å²) in [6.45, 7) is 1.84. The molecule has 0 atom stereocenters. The van der Waals surface area contributed by atoms with Crippen molar-refractivity contribution in [3.63, 3.8) is 0 Å². The van der Waals surface area contributed by atoms with Crippen molar-refractivity contribution in [1.29, 1.82) is 0 Å². The van der Waals surface area contributed by atoms with E-state index < -0.39 is 0 Å². The Labute approximate surface area is 179 Å². The molecule has 0 radical (unpaired) electrons. The summed E-state index contributed by atoms with van der Waals surface area (Å²) in [5, 5.41) is 4.32. The van der Waals surface area contributed by atoms with Crippen molar-refractivity contribution in [1.82, 2.24) is 15.3 Å². The second-order valence-corrected chi connectivity index (χ2v) is 8.15. The number of benzene rings is 2. The molecule has 0 aliphatic carbocycles. The zero-order chi connectivity index (χ0) is 21.0. The summed E-state index contributed by atoms with van der Waals surface area (Å²) in [6.07, 6.45) is 2.28. The molecule has 2 aromatic carbocycles. The number of carbonyl (C=O) groups is 1. The smallest absolute Gasteiger partial charge is 0.258 e. The molecule has 1 fully saturated rings. The van der Waals surface area contributed by atoms with E-state index in [0.717, 1.165) is 18.4 Å². The molecule has 1 amide bonds. The van der Waals surface area contributed by atoms with E-state index in [2.05, 4.69) is 21.4 Å². The topological polar surface area (TPSA) is 84.1 Å². The first-order valence-electron chi connectivity index (χ1n) is 10.1. The Morgan fingerprint density at radius 3 is 2.77 bits per heavy atom. The van der Waals surface area contributed by atoms with Gasteiger partial charge in [0.1, 0.15) is 5.82 Å². The number of para-hydroxylation sites is 1. The van der Waals surface area contributed by atoms with Crippen LogP contribution in [0.4, 0.5) is 0 Å². The van der Waals surface area contributed by atoms with Gasteiger partial charge in [-0.25, -0.2) is 4.98 Å². The van der Waals surface area contributed by atoms with Crippen LogP contribution in [0.3, 0.4) is 0 Å². The predicted molar refractivity (Wildman–Crippen MR) is 117 cm³/mol. The number of aromatic amines is 1. The number of carbonyl (C=O) groups excluding carboxylic acids is 1. The lowest BCUT2D eigenvalue weighted by atomic mass is 9.74. The summed E-state index contributed by atoms with van der Waals surface area (Å²) in [7, 11) is 0. The van der Waals surface area contributed by atoms with Gasteiger partial charge in [0.25, 0.3) is 5.56 Å². The molecule has 7 heteroatoms. The predicted octanol–water partition coefficient (Wildman–Crippen LogP) is 3.37. The SMILES string of the molecule is O=C(CCc1nc2ccccc2c(=O)[nH]1)NCC1(c2cccc(Cl)c2)CCOCC1. The Morgan fingerprint density at radius 2 is 1.97 bits per heavy atom. The summed E-state index contributed by atoms with van der Waals surface area (Å²) in [5.41, 5.74) is 1.39. The molecular formula is C23H24ClN3O3. The fourth-order valence-electron chi connectivity index (χ4n) is 3.99. The third-order valence-electron chi connectivity index (χ3n) is 5.76. The first kappa shape index (κ1) is 20.6. The quantitative estimate of drug-likeness (QED) is 0.634. The Morgan fingerprint density at radius 1 is 1.17 bits per heavy atom. The second-order valence-electron chi connectivity index (χ2n) is 7.71. The minimum Gasteiger partial charge on any atom is -0.381 e. The summed E-state index contributed by atoms with van der Waals surface area (Å²) in [5.74, 6) is 0.447. The number of aryl methyl sites for hydroxylation is 1. The number of H-pyrrole nitrogens is 1. The fraction of sp³-hybridized carbons (Fsp3) is 0.348. The van der Waals surface area contributed by atoms with E-state index in [0.29, 0.717) is 47.9 Å². The molecule has 1 aliphatic rings. The summed E-state index contributed by atoms with van der Waals surface area (Å²) >= 11 is 6.21. The van der Waals surface area contributed by atoms with Gasteiger partial charge in [-0.05, 0) is 42.7 Å². The molecule has 1 saturated heterocycles. The maximum absolute atomic E-state index is 12.6.